The molecule has 1 saturated heterocycles. The van der Waals surface area contributed by atoms with Crippen molar-refractivity contribution < 1.29 is 14.3 Å². The predicted octanol–water partition coefficient (Wildman–Crippen LogP) is 1.30. The first kappa shape index (κ1) is 12.5. The first-order chi connectivity index (χ1) is 7.08. The van der Waals surface area contributed by atoms with Crippen molar-refractivity contribution in [3.05, 3.63) is 0 Å². The molecule has 1 aliphatic rings. The van der Waals surface area contributed by atoms with Crippen molar-refractivity contribution >= 4 is 5.91 Å². The zero-order chi connectivity index (χ0) is 11.4. The maximum atomic E-state index is 11.0. The van der Waals surface area contributed by atoms with Gasteiger partial charge in [-0.25, -0.2) is 0 Å². The fourth-order valence-corrected chi connectivity index (χ4v) is 2.07. The van der Waals surface area contributed by atoms with Crippen LogP contribution in [0.5, 0.6) is 0 Å². The summed E-state index contributed by atoms with van der Waals surface area (Å²) in [6, 6.07) is -0.0321. The van der Waals surface area contributed by atoms with Crippen LogP contribution in [0.25, 0.3) is 0 Å². The smallest absolute Gasteiger partial charge is 0.217 e. The van der Waals surface area contributed by atoms with Gasteiger partial charge in [-0.3, -0.25) is 4.79 Å². The summed E-state index contributed by atoms with van der Waals surface area (Å²) >= 11 is 0. The molecule has 1 aliphatic heterocycles. The van der Waals surface area contributed by atoms with E-state index >= 15 is 0 Å². The summed E-state index contributed by atoms with van der Waals surface area (Å²) in [5.41, 5.74) is 0. The zero-order valence-corrected chi connectivity index (χ0v) is 9.95. The van der Waals surface area contributed by atoms with Gasteiger partial charge in [0.15, 0.2) is 6.29 Å². The molecule has 88 valence electrons. The van der Waals surface area contributed by atoms with Crippen LogP contribution in [0.2, 0.25) is 0 Å². The Balaban J connectivity index is 2.64. The van der Waals surface area contributed by atoms with Crippen molar-refractivity contribution in [3.63, 3.8) is 0 Å². The van der Waals surface area contributed by atoms with Crippen molar-refractivity contribution in [3.8, 4) is 0 Å². The summed E-state index contributed by atoms with van der Waals surface area (Å²) in [5.74, 6) is 0.352. The van der Waals surface area contributed by atoms with Gasteiger partial charge in [-0.2, -0.15) is 0 Å². The molecule has 0 spiro atoms. The van der Waals surface area contributed by atoms with Crippen molar-refractivity contribution in [2.24, 2.45) is 5.92 Å². The van der Waals surface area contributed by atoms with E-state index in [2.05, 4.69) is 19.2 Å². The number of amides is 1. The minimum Gasteiger partial charge on any atom is -0.354 e. The Morgan fingerprint density at radius 1 is 1.60 bits per heavy atom. The number of hydrogen-bond acceptors (Lipinski definition) is 3. The molecule has 0 saturated carbocycles. The Morgan fingerprint density at radius 2 is 2.27 bits per heavy atom. The van der Waals surface area contributed by atoms with Crippen LogP contribution in [-0.4, -0.2) is 31.5 Å². The molecule has 4 unspecified atom stereocenters. The van der Waals surface area contributed by atoms with E-state index in [1.807, 2.05) is 0 Å². The molecule has 0 radical (unpaired) electrons. The molecule has 4 nitrogen and oxygen atoms in total. The molecular formula is C11H21NO3. The summed E-state index contributed by atoms with van der Waals surface area (Å²) in [7, 11) is 1.62. The van der Waals surface area contributed by atoms with Gasteiger partial charge in [0.05, 0.1) is 12.1 Å². The maximum Gasteiger partial charge on any atom is 0.217 e. The number of nitrogens with one attached hydrogen (secondary N) is 1. The third-order valence-electron chi connectivity index (χ3n) is 2.93. The van der Waals surface area contributed by atoms with Gasteiger partial charge in [0.2, 0.25) is 5.91 Å². The molecule has 0 aromatic carbocycles. The summed E-state index contributed by atoms with van der Waals surface area (Å²) in [6.07, 6.45) is 1.88. The third-order valence-corrected chi connectivity index (χ3v) is 2.93. The Kier molecular flexibility index (Phi) is 4.54. The molecule has 0 aromatic heterocycles. The molecule has 1 N–H and O–H groups in total. The molecule has 15 heavy (non-hydrogen) atoms. The van der Waals surface area contributed by atoms with Gasteiger partial charge in [-0.05, 0) is 18.8 Å². The average molecular weight is 215 g/mol. The lowest BCUT2D eigenvalue weighted by Crippen LogP contribution is -2.53. The lowest BCUT2D eigenvalue weighted by atomic mass is 9.90. The van der Waals surface area contributed by atoms with E-state index in [0.717, 1.165) is 12.8 Å². The van der Waals surface area contributed by atoms with Crippen LogP contribution < -0.4 is 5.32 Å². The molecule has 4 atom stereocenters. The second kappa shape index (κ2) is 5.47. The lowest BCUT2D eigenvalue weighted by molar-refractivity contribution is -0.208. The number of methoxy groups -OCH3 is 1. The fourth-order valence-electron chi connectivity index (χ4n) is 2.07. The highest BCUT2D eigenvalue weighted by Crippen LogP contribution is 2.27. The van der Waals surface area contributed by atoms with Crippen LogP contribution in [0.3, 0.4) is 0 Å². The molecule has 0 aromatic rings. The standard InChI is InChI=1S/C11H21NO3/c1-5-9-6-7(2)10(12-8(3)13)11(14-4)15-9/h7,9-11H,5-6H2,1-4H3,(H,12,13). The molecular weight excluding hydrogens is 194 g/mol. The Hall–Kier alpha value is -0.610. The number of carbonyl (C=O) groups excluding carboxylic acids is 1. The summed E-state index contributed by atoms with van der Waals surface area (Å²) in [4.78, 5) is 11.0. The molecule has 1 fully saturated rings. The number of ether oxygens (including phenoxy) is 2. The van der Waals surface area contributed by atoms with Gasteiger partial charge in [-0.1, -0.05) is 13.8 Å². The minimum absolute atomic E-state index is 0.0321. The highest BCUT2D eigenvalue weighted by molar-refractivity contribution is 5.73. The van der Waals surface area contributed by atoms with Gasteiger partial charge < -0.3 is 14.8 Å². The highest BCUT2D eigenvalue weighted by atomic mass is 16.7. The van der Waals surface area contributed by atoms with Gasteiger partial charge in [-0.15, -0.1) is 0 Å². The topological polar surface area (TPSA) is 47.6 Å². The molecule has 1 heterocycles. The van der Waals surface area contributed by atoms with E-state index in [4.69, 9.17) is 9.47 Å². The Labute approximate surface area is 91.3 Å². The maximum absolute atomic E-state index is 11.0. The molecule has 0 bridgehead atoms. The largest absolute Gasteiger partial charge is 0.354 e. The summed E-state index contributed by atoms with van der Waals surface area (Å²) < 4.78 is 11.0. The number of carbonyl (C=O) groups is 1. The van der Waals surface area contributed by atoms with E-state index in [1.165, 1.54) is 6.92 Å². The van der Waals surface area contributed by atoms with E-state index in [1.54, 1.807) is 7.11 Å². The van der Waals surface area contributed by atoms with Crippen molar-refractivity contribution in [2.45, 2.75) is 52.0 Å². The summed E-state index contributed by atoms with van der Waals surface area (Å²) in [6.45, 7) is 5.74. The lowest BCUT2D eigenvalue weighted by Gasteiger charge is -2.39. The van der Waals surface area contributed by atoms with E-state index in [9.17, 15) is 4.79 Å². The minimum atomic E-state index is -0.317. The Morgan fingerprint density at radius 3 is 2.73 bits per heavy atom. The van der Waals surface area contributed by atoms with Crippen molar-refractivity contribution in [1.82, 2.24) is 5.32 Å². The van der Waals surface area contributed by atoms with Gasteiger partial charge in [0.25, 0.3) is 0 Å². The van der Waals surface area contributed by atoms with E-state index in [-0.39, 0.29) is 24.3 Å². The monoisotopic (exact) mass is 215 g/mol. The molecule has 1 rings (SSSR count). The average Bonchev–Trinajstić information content (AvgIpc) is 2.20. The van der Waals surface area contributed by atoms with Crippen LogP contribution >= 0.6 is 0 Å². The Bertz CT molecular complexity index is 220. The molecule has 1 amide bonds. The molecule has 4 heteroatoms. The van der Waals surface area contributed by atoms with E-state index < -0.39 is 0 Å². The van der Waals surface area contributed by atoms with Gasteiger partial charge in [0.1, 0.15) is 0 Å². The van der Waals surface area contributed by atoms with E-state index in [0.29, 0.717) is 5.92 Å². The van der Waals surface area contributed by atoms with Gasteiger partial charge in [0, 0.05) is 14.0 Å². The van der Waals surface area contributed by atoms with Crippen molar-refractivity contribution in [2.75, 3.05) is 7.11 Å². The van der Waals surface area contributed by atoms with Crippen LogP contribution in [0.15, 0.2) is 0 Å². The van der Waals surface area contributed by atoms with Crippen molar-refractivity contribution in [1.29, 1.82) is 0 Å². The van der Waals surface area contributed by atoms with Crippen LogP contribution in [0, 0.1) is 5.92 Å². The number of rotatable bonds is 3. The van der Waals surface area contributed by atoms with Crippen LogP contribution in [0.1, 0.15) is 33.6 Å². The van der Waals surface area contributed by atoms with Crippen LogP contribution in [0.4, 0.5) is 0 Å². The molecule has 0 aliphatic carbocycles. The van der Waals surface area contributed by atoms with Gasteiger partial charge >= 0.3 is 0 Å². The normalized spacial score (nSPS) is 36.3. The first-order valence-corrected chi connectivity index (χ1v) is 5.53. The highest BCUT2D eigenvalue weighted by Gasteiger charge is 2.36. The number of hydrogen-bond donors (Lipinski definition) is 1. The van der Waals surface area contributed by atoms with Crippen LogP contribution in [-0.2, 0) is 14.3 Å². The second-order valence-electron chi connectivity index (χ2n) is 4.21. The zero-order valence-electron chi connectivity index (χ0n) is 9.95. The SMILES string of the molecule is CCC1CC(C)C(NC(C)=O)C(OC)O1. The quantitative estimate of drug-likeness (QED) is 0.772. The summed E-state index contributed by atoms with van der Waals surface area (Å²) in [5, 5.41) is 2.89. The second-order valence-corrected chi connectivity index (χ2v) is 4.21. The third kappa shape index (κ3) is 3.18. The fraction of sp³-hybridized carbons (Fsp3) is 0.909. The first-order valence-electron chi connectivity index (χ1n) is 5.53. The predicted molar refractivity (Wildman–Crippen MR) is 57.3 cm³/mol.